The topological polar surface area (TPSA) is 41.1 Å². The van der Waals surface area contributed by atoms with E-state index in [1.165, 1.54) is 5.56 Å². The van der Waals surface area contributed by atoms with Crippen LogP contribution in [-0.4, -0.2) is 11.9 Å². The quantitative estimate of drug-likeness (QED) is 0.740. The Labute approximate surface area is 136 Å². The molecule has 23 heavy (non-hydrogen) atoms. The van der Waals surface area contributed by atoms with Crippen LogP contribution in [0.5, 0.6) is 0 Å². The van der Waals surface area contributed by atoms with Gasteiger partial charge in [0.1, 0.15) is 6.04 Å². The molecule has 116 valence electrons. The molecule has 3 aromatic rings. The van der Waals surface area contributed by atoms with Crippen LogP contribution in [0.3, 0.4) is 0 Å². The first-order valence-corrected chi connectivity index (χ1v) is 7.75. The maximum Gasteiger partial charge on any atom is 0.246 e. The molecule has 1 amide bonds. The number of fused-ring (bicyclic) bond motifs is 1. The summed E-state index contributed by atoms with van der Waals surface area (Å²) in [5, 5.41) is 8.40. The summed E-state index contributed by atoms with van der Waals surface area (Å²) in [6.45, 7) is 3.90. The summed E-state index contributed by atoms with van der Waals surface area (Å²) < 4.78 is 0. The molecule has 3 heteroatoms. The van der Waals surface area contributed by atoms with E-state index in [2.05, 4.69) is 10.6 Å². The Morgan fingerprint density at radius 2 is 1.61 bits per heavy atom. The number of anilines is 2. The van der Waals surface area contributed by atoms with Gasteiger partial charge in [-0.15, -0.1) is 0 Å². The molecule has 0 radical (unpaired) electrons. The molecule has 1 atom stereocenters. The lowest BCUT2D eigenvalue weighted by Gasteiger charge is -2.16. The van der Waals surface area contributed by atoms with Gasteiger partial charge in [-0.2, -0.15) is 0 Å². The largest absolute Gasteiger partial charge is 0.374 e. The smallest absolute Gasteiger partial charge is 0.246 e. The van der Waals surface area contributed by atoms with E-state index in [9.17, 15) is 4.79 Å². The highest BCUT2D eigenvalue weighted by atomic mass is 16.2. The van der Waals surface area contributed by atoms with Gasteiger partial charge < -0.3 is 10.6 Å². The van der Waals surface area contributed by atoms with Gasteiger partial charge in [-0.3, -0.25) is 4.79 Å². The van der Waals surface area contributed by atoms with E-state index in [-0.39, 0.29) is 11.9 Å². The van der Waals surface area contributed by atoms with Crippen molar-refractivity contribution in [1.29, 1.82) is 0 Å². The lowest BCUT2D eigenvalue weighted by Crippen LogP contribution is -2.31. The predicted octanol–water partition coefficient (Wildman–Crippen LogP) is 4.59. The molecule has 0 aliphatic heterocycles. The molecule has 0 aliphatic rings. The molecule has 0 saturated carbocycles. The second-order valence-electron chi connectivity index (χ2n) is 5.75. The van der Waals surface area contributed by atoms with Gasteiger partial charge in [-0.05, 0) is 37.4 Å². The Morgan fingerprint density at radius 1 is 0.913 bits per heavy atom. The number of carbonyl (C=O) groups is 1. The summed E-state index contributed by atoms with van der Waals surface area (Å²) >= 11 is 0. The van der Waals surface area contributed by atoms with Gasteiger partial charge in [0, 0.05) is 16.8 Å². The molecule has 0 aliphatic carbocycles. The SMILES string of the molecule is Cc1ccc(NC(C)C(=O)Nc2cccc3ccccc23)cc1. The van der Waals surface area contributed by atoms with E-state index >= 15 is 0 Å². The van der Waals surface area contributed by atoms with Crippen LogP contribution in [0.4, 0.5) is 11.4 Å². The summed E-state index contributed by atoms with van der Waals surface area (Å²) in [4.78, 5) is 12.5. The fourth-order valence-electron chi connectivity index (χ4n) is 2.54. The van der Waals surface area contributed by atoms with Crippen LogP contribution in [0.1, 0.15) is 12.5 Å². The Kier molecular flexibility index (Phi) is 4.29. The molecule has 0 fully saturated rings. The van der Waals surface area contributed by atoms with Crippen LogP contribution in [-0.2, 0) is 4.79 Å². The zero-order chi connectivity index (χ0) is 16.2. The number of rotatable bonds is 4. The molecule has 0 heterocycles. The monoisotopic (exact) mass is 304 g/mol. The van der Waals surface area contributed by atoms with Crippen molar-refractivity contribution in [2.45, 2.75) is 19.9 Å². The minimum absolute atomic E-state index is 0.0538. The number of amides is 1. The third kappa shape index (κ3) is 3.51. The van der Waals surface area contributed by atoms with Gasteiger partial charge in [0.25, 0.3) is 0 Å². The fourth-order valence-corrected chi connectivity index (χ4v) is 2.54. The molecule has 0 aromatic heterocycles. The van der Waals surface area contributed by atoms with E-state index in [4.69, 9.17) is 0 Å². The molecule has 1 unspecified atom stereocenters. The number of hydrogen-bond donors (Lipinski definition) is 2. The average molecular weight is 304 g/mol. The summed E-state index contributed by atoms with van der Waals surface area (Å²) in [7, 11) is 0. The van der Waals surface area contributed by atoms with Crippen LogP contribution in [0.25, 0.3) is 10.8 Å². The zero-order valence-electron chi connectivity index (χ0n) is 13.3. The van der Waals surface area contributed by atoms with E-state index in [1.54, 1.807) is 0 Å². The third-order valence-electron chi connectivity index (χ3n) is 3.88. The van der Waals surface area contributed by atoms with Crippen LogP contribution in [0, 0.1) is 6.92 Å². The lowest BCUT2D eigenvalue weighted by molar-refractivity contribution is -0.116. The lowest BCUT2D eigenvalue weighted by atomic mass is 10.1. The van der Waals surface area contributed by atoms with Gasteiger partial charge in [-0.1, -0.05) is 54.1 Å². The summed E-state index contributed by atoms with van der Waals surface area (Å²) in [6.07, 6.45) is 0. The van der Waals surface area contributed by atoms with Gasteiger partial charge in [0.15, 0.2) is 0 Å². The first-order valence-electron chi connectivity index (χ1n) is 7.75. The van der Waals surface area contributed by atoms with Gasteiger partial charge >= 0.3 is 0 Å². The van der Waals surface area contributed by atoms with E-state index in [0.29, 0.717) is 0 Å². The van der Waals surface area contributed by atoms with Crippen molar-refractivity contribution in [1.82, 2.24) is 0 Å². The number of carbonyl (C=O) groups excluding carboxylic acids is 1. The molecule has 2 N–H and O–H groups in total. The number of hydrogen-bond acceptors (Lipinski definition) is 2. The van der Waals surface area contributed by atoms with Gasteiger partial charge in [0.2, 0.25) is 5.91 Å². The van der Waals surface area contributed by atoms with Crippen LogP contribution < -0.4 is 10.6 Å². The highest BCUT2D eigenvalue weighted by Gasteiger charge is 2.13. The minimum Gasteiger partial charge on any atom is -0.374 e. The van der Waals surface area contributed by atoms with Crippen molar-refractivity contribution >= 4 is 28.1 Å². The van der Waals surface area contributed by atoms with Gasteiger partial charge in [-0.25, -0.2) is 0 Å². The first kappa shape index (κ1) is 15.1. The average Bonchev–Trinajstić information content (AvgIpc) is 2.57. The minimum atomic E-state index is -0.323. The number of benzene rings is 3. The van der Waals surface area contributed by atoms with E-state index in [1.807, 2.05) is 80.6 Å². The molecular formula is C20H20N2O. The zero-order valence-corrected chi connectivity index (χ0v) is 13.3. The molecule has 0 bridgehead atoms. The first-order chi connectivity index (χ1) is 11.1. The Morgan fingerprint density at radius 3 is 2.39 bits per heavy atom. The van der Waals surface area contributed by atoms with Crippen molar-refractivity contribution in [2.24, 2.45) is 0 Å². The standard InChI is InChI=1S/C20H20N2O/c1-14-10-12-17(13-11-14)21-15(2)20(23)22-19-9-5-7-16-6-3-4-8-18(16)19/h3-13,15,21H,1-2H3,(H,22,23). The van der Waals surface area contributed by atoms with Crippen molar-refractivity contribution < 1.29 is 4.79 Å². The highest BCUT2D eigenvalue weighted by Crippen LogP contribution is 2.23. The highest BCUT2D eigenvalue weighted by molar-refractivity contribution is 6.04. The van der Waals surface area contributed by atoms with Crippen LogP contribution in [0.2, 0.25) is 0 Å². The number of nitrogens with one attached hydrogen (secondary N) is 2. The van der Waals surface area contributed by atoms with Gasteiger partial charge in [0.05, 0.1) is 0 Å². The van der Waals surface area contributed by atoms with Crippen molar-refractivity contribution in [3.8, 4) is 0 Å². The molecule has 0 saturated heterocycles. The Balaban J connectivity index is 1.74. The van der Waals surface area contributed by atoms with Crippen LogP contribution in [0.15, 0.2) is 66.7 Å². The molecule has 3 nitrogen and oxygen atoms in total. The second-order valence-corrected chi connectivity index (χ2v) is 5.75. The fraction of sp³-hybridized carbons (Fsp3) is 0.150. The summed E-state index contributed by atoms with van der Waals surface area (Å²) in [5.41, 5.74) is 2.98. The maximum absolute atomic E-state index is 12.5. The normalized spacial score (nSPS) is 11.9. The maximum atomic E-state index is 12.5. The molecule has 0 spiro atoms. The molecule has 3 rings (SSSR count). The van der Waals surface area contributed by atoms with E-state index in [0.717, 1.165) is 22.1 Å². The van der Waals surface area contributed by atoms with Crippen molar-refractivity contribution in [3.05, 3.63) is 72.3 Å². The summed E-state index contributed by atoms with van der Waals surface area (Å²) in [5.74, 6) is -0.0538. The second kappa shape index (κ2) is 6.53. The summed E-state index contributed by atoms with van der Waals surface area (Å²) in [6, 6.07) is 21.7. The van der Waals surface area contributed by atoms with E-state index < -0.39 is 0 Å². The van der Waals surface area contributed by atoms with Crippen LogP contribution >= 0.6 is 0 Å². The van der Waals surface area contributed by atoms with Crippen molar-refractivity contribution in [2.75, 3.05) is 10.6 Å². The third-order valence-corrected chi connectivity index (χ3v) is 3.88. The number of aryl methyl sites for hydroxylation is 1. The molecule has 3 aromatic carbocycles. The Bertz CT molecular complexity index is 819. The van der Waals surface area contributed by atoms with Crippen molar-refractivity contribution in [3.63, 3.8) is 0 Å². The predicted molar refractivity (Wildman–Crippen MR) is 96.8 cm³/mol. The molecular weight excluding hydrogens is 284 g/mol. The Hall–Kier alpha value is -2.81.